The topological polar surface area (TPSA) is 35.5 Å². The molecule has 0 spiro atoms. The standard InChI is InChI=1S/C16H24O3/c1-10(2)14(16(17)19-6)9-13-7-8-15(18-5)12(4)11(13)3/h7-8,10,14H,9H2,1-6H3. The van der Waals surface area contributed by atoms with E-state index in [-0.39, 0.29) is 17.8 Å². The van der Waals surface area contributed by atoms with Crippen LogP contribution in [0.25, 0.3) is 0 Å². The number of hydrogen-bond acceptors (Lipinski definition) is 3. The van der Waals surface area contributed by atoms with Crippen molar-refractivity contribution in [3.05, 3.63) is 28.8 Å². The maximum absolute atomic E-state index is 11.8. The van der Waals surface area contributed by atoms with Gasteiger partial charge in [0.1, 0.15) is 5.75 Å². The Bertz CT molecular complexity index is 450. The smallest absolute Gasteiger partial charge is 0.309 e. The summed E-state index contributed by atoms with van der Waals surface area (Å²) < 4.78 is 10.2. The fourth-order valence-corrected chi connectivity index (χ4v) is 2.27. The number of carbonyl (C=O) groups excluding carboxylic acids is 1. The van der Waals surface area contributed by atoms with E-state index < -0.39 is 0 Å². The van der Waals surface area contributed by atoms with Crippen molar-refractivity contribution in [1.82, 2.24) is 0 Å². The van der Waals surface area contributed by atoms with Crippen molar-refractivity contribution in [3.8, 4) is 5.75 Å². The van der Waals surface area contributed by atoms with E-state index in [1.54, 1.807) is 7.11 Å². The Morgan fingerprint density at radius 2 is 1.79 bits per heavy atom. The van der Waals surface area contributed by atoms with Gasteiger partial charge in [-0.15, -0.1) is 0 Å². The van der Waals surface area contributed by atoms with Gasteiger partial charge >= 0.3 is 5.97 Å². The van der Waals surface area contributed by atoms with Gasteiger partial charge in [-0.1, -0.05) is 19.9 Å². The van der Waals surface area contributed by atoms with E-state index in [9.17, 15) is 4.79 Å². The number of hydrogen-bond donors (Lipinski definition) is 0. The minimum Gasteiger partial charge on any atom is -0.496 e. The molecule has 0 aliphatic carbocycles. The molecule has 0 N–H and O–H groups in total. The highest BCUT2D eigenvalue weighted by Crippen LogP contribution is 2.27. The molecular weight excluding hydrogens is 240 g/mol. The van der Waals surface area contributed by atoms with E-state index in [1.807, 2.05) is 32.9 Å². The van der Waals surface area contributed by atoms with Crippen molar-refractivity contribution < 1.29 is 14.3 Å². The molecule has 3 nitrogen and oxygen atoms in total. The molecule has 3 heteroatoms. The lowest BCUT2D eigenvalue weighted by Gasteiger charge is -2.20. The molecular formula is C16H24O3. The molecule has 0 fully saturated rings. The fourth-order valence-electron chi connectivity index (χ4n) is 2.27. The van der Waals surface area contributed by atoms with Crippen LogP contribution in [0.5, 0.6) is 5.75 Å². The second-order valence-electron chi connectivity index (χ2n) is 5.25. The van der Waals surface area contributed by atoms with Crippen molar-refractivity contribution in [2.45, 2.75) is 34.1 Å². The summed E-state index contributed by atoms with van der Waals surface area (Å²) >= 11 is 0. The molecule has 0 heterocycles. The van der Waals surface area contributed by atoms with Crippen molar-refractivity contribution in [1.29, 1.82) is 0 Å². The maximum atomic E-state index is 11.8. The summed E-state index contributed by atoms with van der Waals surface area (Å²) in [5.41, 5.74) is 3.50. The molecule has 106 valence electrons. The SMILES string of the molecule is COC(=O)C(Cc1ccc(OC)c(C)c1C)C(C)C. The Labute approximate surface area is 115 Å². The van der Waals surface area contributed by atoms with Crippen LogP contribution in [0.4, 0.5) is 0 Å². The van der Waals surface area contributed by atoms with Gasteiger partial charge in [-0.05, 0) is 48.9 Å². The van der Waals surface area contributed by atoms with E-state index in [4.69, 9.17) is 9.47 Å². The quantitative estimate of drug-likeness (QED) is 0.765. The summed E-state index contributed by atoms with van der Waals surface area (Å²) in [6.45, 7) is 8.21. The van der Waals surface area contributed by atoms with Crippen LogP contribution in [0.15, 0.2) is 12.1 Å². The van der Waals surface area contributed by atoms with Crippen LogP contribution in [0.1, 0.15) is 30.5 Å². The molecule has 0 saturated carbocycles. The highest BCUT2D eigenvalue weighted by atomic mass is 16.5. The third-order valence-corrected chi connectivity index (χ3v) is 3.82. The van der Waals surface area contributed by atoms with Crippen molar-refractivity contribution in [3.63, 3.8) is 0 Å². The van der Waals surface area contributed by atoms with Gasteiger partial charge in [-0.3, -0.25) is 4.79 Å². The van der Waals surface area contributed by atoms with Crippen LogP contribution in [0.3, 0.4) is 0 Å². The molecule has 1 aromatic carbocycles. The zero-order chi connectivity index (χ0) is 14.6. The number of carbonyl (C=O) groups is 1. The van der Waals surface area contributed by atoms with Gasteiger partial charge in [-0.25, -0.2) is 0 Å². The first-order valence-corrected chi connectivity index (χ1v) is 6.63. The Balaban J connectivity index is 3.04. The third-order valence-electron chi connectivity index (χ3n) is 3.82. The number of benzene rings is 1. The summed E-state index contributed by atoms with van der Waals surface area (Å²) in [7, 11) is 3.12. The Morgan fingerprint density at radius 3 is 2.26 bits per heavy atom. The number of esters is 1. The highest BCUT2D eigenvalue weighted by molar-refractivity contribution is 5.73. The van der Waals surface area contributed by atoms with Crippen LogP contribution in [-0.2, 0) is 16.0 Å². The second-order valence-corrected chi connectivity index (χ2v) is 5.25. The van der Waals surface area contributed by atoms with E-state index in [0.717, 1.165) is 11.3 Å². The first kappa shape index (κ1) is 15.5. The van der Waals surface area contributed by atoms with Gasteiger partial charge < -0.3 is 9.47 Å². The molecule has 1 rings (SSSR count). The Morgan fingerprint density at radius 1 is 1.16 bits per heavy atom. The minimum absolute atomic E-state index is 0.100. The normalized spacial score (nSPS) is 12.4. The molecule has 0 bridgehead atoms. The van der Waals surface area contributed by atoms with Gasteiger partial charge in [-0.2, -0.15) is 0 Å². The van der Waals surface area contributed by atoms with Crippen LogP contribution >= 0.6 is 0 Å². The number of ether oxygens (including phenoxy) is 2. The predicted molar refractivity (Wildman–Crippen MR) is 76.5 cm³/mol. The molecule has 0 aliphatic rings. The van der Waals surface area contributed by atoms with Gasteiger partial charge in [0.25, 0.3) is 0 Å². The van der Waals surface area contributed by atoms with Crippen molar-refractivity contribution >= 4 is 5.97 Å². The summed E-state index contributed by atoms with van der Waals surface area (Å²) in [5.74, 6) is 0.911. The molecule has 0 amide bonds. The lowest BCUT2D eigenvalue weighted by molar-refractivity contribution is -0.146. The minimum atomic E-state index is -0.136. The molecule has 1 unspecified atom stereocenters. The molecule has 0 radical (unpaired) electrons. The average molecular weight is 264 g/mol. The summed E-state index contributed by atoms with van der Waals surface area (Å²) in [5, 5.41) is 0. The lowest BCUT2D eigenvalue weighted by atomic mass is 9.87. The van der Waals surface area contributed by atoms with E-state index in [1.165, 1.54) is 18.2 Å². The van der Waals surface area contributed by atoms with E-state index in [0.29, 0.717) is 6.42 Å². The van der Waals surface area contributed by atoms with Crippen LogP contribution in [-0.4, -0.2) is 20.2 Å². The molecule has 0 aromatic heterocycles. The zero-order valence-corrected chi connectivity index (χ0v) is 12.7. The van der Waals surface area contributed by atoms with E-state index in [2.05, 4.69) is 6.92 Å². The fraction of sp³-hybridized carbons (Fsp3) is 0.562. The zero-order valence-electron chi connectivity index (χ0n) is 12.7. The van der Waals surface area contributed by atoms with E-state index >= 15 is 0 Å². The molecule has 1 aromatic rings. The highest BCUT2D eigenvalue weighted by Gasteiger charge is 2.24. The molecule has 0 aliphatic heterocycles. The maximum Gasteiger partial charge on any atom is 0.309 e. The first-order chi connectivity index (χ1) is 8.92. The van der Waals surface area contributed by atoms with Crippen LogP contribution < -0.4 is 4.74 Å². The monoisotopic (exact) mass is 264 g/mol. The largest absolute Gasteiger partial charge is 0.496 e. The number of methoxy groups -OCH3 is 2. The van der Waals surface area contributed by atoms with Crippen LogP contribution in [0.2, 0.25) is 0 Å². The summed E-state index contributed by atoms with van der Waals surface area (Å²) in [6, 6.07) is 4.01. The number of rotatable bonds is 5. The lowest BCUT2D eigenvalue weighted by Crippen LogP contribution is -2.24. The van der Waals surface area contributed by atoms with Gasteiger partial charge in [0.05, 0.1) is 20.1 Å². The van der Waals surface area contributed by atoms with Crippen molar-refractivity contribution in [2.24, 2.45) is 11.8 Å². The summed E-state index contributed by atoms with van der Waals surface area (Å²) in [6.07, 6.45) is 0.709. The summed E-state index contributed by atoms with van der Waals surface area (Å²) in [4.78, 5) is 11.8. The second kappa shape index (κ2) is 6.60. The molecule has 19 heavy (non-hydrogen) atoms. The predicted octanol–water partition coefficient (Wildman–Crippen LogP) is 3.30. The van der Waals surface area contributed by atoms with Crippen molar-refractivity contribution in [2.75, 3.05) is 14.2 Å². The third kappa shape index (κ3) is 3.49. The molecule has 0 saturated heterocycles. The molecule has 1 atom stereocenters. The average Bonchev–Trinajstić information content (AvgIpc) is 2.39. The first-order valence-electron chi connectivity index (χ1n) is 6.63. The Kier molecular flexibility index (Phi) is 5.40. The van der Waals surface area contributed by atoms with Gasteiger partial charge in [0.2, 0.25) is 0 Å². The van der Waals surface area contributed by atoms with Crippen LogP contribution in [0, 0.1) is 25.7 Å². The van der Waals surface area contributed by atoms with Gasteiger partial charge in [0, 0.05) is 0 Å². The van der Waals surface area contributed by atoms with Gasteiger partial charge in [0.15, 0.2) is 0 Å². The Hall–Kier alpha value is -1.51.